The number of hydrogen-bond acceptors (Lipinski definition) is 7. The molecule has 8 nitrogen and oxygen atoms in total. The lowest BCUT2D eigenvalue weighted by atomic mass is 10.1. The van der Waals surface area contributed by atoms with Gasteiger partial charge in [0.25, 0.3) is 11.8 Å². The molecule has 0 spiro atoms. The van der Waals surface area contributed by atoms with Crippen molar-refractivity contribution in [1.82, 2.24) is 15.5 Å². The molecule has 204 valence electrons. The van der Waals surface area contributed by atoms with Gasteiger partial charge >= 0.3 is 0 Å². The van der Waals surface area contributed by atoms with Crippen LogP contribution in [0.5, 0.6) is 0 Å². The van der Waals surface area contributed by atoms with Gasteiger partial charge in [-0.15, -0.1) is 22.0 Å². The zero-order valence-corrected chi connectivity index (χ0v) is 24.4. The SMILES string of the molecule is Cc1nnc(NC(=O)C(C)Sc2cccc(NC(=O)/C(=C\c3c(Cl)cccc3Cl)NC(=O)c3ccccc3)c2)s1. The van der Waals surface area contributed by atoms with Gasteiger partial charge in [0.2, 0.25) is 11.0 Å². The molecule has 3 N–H and O–H groups in total. The number of nitrogens with one attached hydrogen (secondary N) is 3. The summed E-state index contributed by atoms with van der Waals surface area (Å²) < 4.78 is 0. The Morgan fingerprint density at radius 3 is 2.30 bits per heavy atom. The molecule has 0 aliphatic carbocycles. The van der Waals surface area contributed by atoms with Gasteiger partial charge in [-0.1, -0.05) is 64.9 Å². The van der Waals surface area contributed by atoms with Crippen LogP contribution in [0, 0.1) is 6.92 Å². The molecule has 0 radical (unpaired) electrons. The maximum Gasteiger partial charge on any atom is 0.272 e. The monoisotopic (exact) mass is 611 g/mol. The van der Waals surface area contributed by atoms with Crippen molar-refractivity contribution < 1.29 is 14.4 Å². The van der Waals surface area contributed by atoms with E-state index in [1.807, 2.05) is 13.0 Å². The molecule has 4 aromatic rings. The quantitative estimate of drug-likeness (QED) is 0.144. The fourth-order valence-electron chi connectivity index (χ4n) is 3.39. The molecule has 0 fully saturated rings. The smallest absolute Gasteiger partial charge is 0.272 e. The van der Waals surface area contributed by atoms with E-state index in [9.17, 15) is 14.4 Å². The van der Waals surface area contributed by atoms with Gasteiger partial charge in [-0.3, -0.25) is 19.7 Å². The number of aryl methyl sites for hydroxylation is 1. The van der Waals surface area contributed by atoms with E-state index in [0.29, 0.717) is 32.0 Å². The van der Waals surface area contributed by atoms with E-state index in [0.717, 1.165) is 9.90 Å². The molecule has 0 bridgehead atoms. The van der Waals surface area contributed by atoms with Gasteiger partial charge < -0.3 is 10.6 Å². The minimum atomic E-state index is -0.583. The molecule has 4 rings (SSSR count). The van der Waals surface area contributed by atoms with Gasteiger partial charge in [0.05, 0.1) is 5.25 Å². The number of amides is 3. The van der Waals surface area contributed by atoms with Crippen molar-refractivity contribution in [3.8, 4) is 0 Å². The number of thioether (sulfide) groups is 1. The third-order valence-electron chi connectivity index (χ3n) is 5.35. The standard InChI is InChI=1S/C28H23Cl2N5O3S2/c1-16(25(36)33-28-35-34-17(2)40-28)39-20-11-6-10-19(14-20)31-27(38)24(15-21-22(29)12-7-13-23(21)30)32-26(37)18-8-4-3-5-9-18/h3-16H,1-2H3,(H,31,38)(H,32,37)(H,33,35,36)/b24-15+. The average Bonchev–Trinajstić information content (AvgIpc) is 3.34. The molecule has 0 saturated carbocycles. The lowest BCUT2D eigenvalue weighted by molar-refractivity contribution is -0.115. The topological polar surface area (TPSA) is 113 Å². The molecule has 0 aliphatic rings. The van der Waals surface area contributed by atoms with Crippen LogP contribution in [0.4, 0.5) is 10.8 Å². The van der Waals surface area contributed by atoms with Crippen molar-refractivity contribution in [3.05, 3.63) is 105 Å². The maximum absolute atomic E-state index is 13.4. The number of benzene rings is 3. The van der Waals surface area contributed by atoms with Crippen LogP contribution < -0.4 is 16.0 Å². The first-order valence-corrected chi connectivity index (χ1v) is 14.4. The van der Waals surface area contributed by atoms with Gasteiger partial charge in [0.1, 0.15) is 10.7 Å². The molecule has 3 amide bonds. The van der Waals surface area contributed by atoms with Gasteiger partial charge in [0, 0.05) is 31.8 Å². The van der Waals surface area contributed by atoms with E-state index in [1.165, 1.54) is 29.2 Å². The third kappa shape index (κ3) is 7.92. The second-order valence-corrected chi connectivity index (χ2v) is 11.8. The predicted octanol–water partition coefficient (Wildman–Crippen LogP) is 6.68. The average molecular weight is 613 g/mol. The molecule has 0 aliphatic heterocycles. The first-order valence-electron chi connectivity index (χ1n) is 11.9. The molecular weight excluding hydrogens is 589 g/mol. The number of aromatic nitrogens is 2. The molecule has 1 heterocycles. The van der Waals surface area contributed by atoms with Crippen LogP contribution >= 0.6 is 46.3 Å². The van der Waals surface area contributed by atoms with Crippen molar-refractivity contribution in [2.75, 3.05) is 10.6 Å². The van der Waals surface area contributed by atoms with Crippen LogP contribution in [0.2, 0.25) is 10.0 Å². The summed E-state index contributed by atoms with van der Waals surface area (Å²) in [6.45, 7) is 3.58. The maximum atomic E-state index is 13.4. The highest BCUT2D eigenvalue weighted by Gasteiger charge is 2.19. The fraction of sp³-hybridized carbons (Fsp3) is 0.107. The summed E-state index contributed by atoms with van der Waals surface area (Å²) in [4.78, 5) is 39.6. The summed E-state index contributed by atoms with van der Waals surface area (Å²) in [6, 6.07) is 20.5. The van der Waals surface area contributed by atoms with Crippen LogP contribution in [0.3, 0.4) is 0 Å². The van der Waals surface area contributed by atoms with Crippen molar-refractivity contribution >= 4 is 80.9 Å². The number of carbonyl (C=O) groups excluding carboxylic acids is 3. The van der Waals surface area contributed by atoms with Crippen molar-refractivity contribution in [2.24, 2.45) is 0 Å². The summed E-state index contributed by atoms with van der Waals surface area (Å²) in [5, 5.41) is 17.4. The number of anilines is 2. The first kappa shape index (κ1) is 29.3. The van der Waals surface area contributed by atoms with Gasteiger partial charge in [-0.25, -0.2) is 0 Å². The summed E-state index contributed by atoms with van der Waals surface area (Å²) in [5.74, 6) is -1.28. The van der Waals surface area contributed by atoms with Crippen molar-refractivity contribution in [2.45, 2.75) is 24.0 Å². The third-order valence-corrected chi connectivity index (χ3v) is 7.85. The summed E-state index contributed by atoms with van der Waals surface area (Å²) >= 11 is 15.3. The van der Waals surface area contributed by atoms with Gasteiger partial charge in [-0.2, -0.15) is 0 Å². The van der Waals surface area contributed by atoms with Crippen LogP contribution in [-0.4, -0.2) is 33.2 Å². The van der Waals surface area contributed by atoms with Gasteiger partial charge in [0.15, 0.2) is 0 Å². The Balaban J connectivity index is 1.52. The summed E-state index contributed by atoms with van der Waals surface area (Å²) in [7, 11) is 0. The number of nitrogens with zero attached hydrogens (tertiary/aromatic N) is 2. The molecule has 1 unspecified atom stereocenters. The Hall–Kier alpha value is -3.70. The van der Waals surface area contributed by atoms with Crippen LogP contribution in [-0.2, 0) is 9.59 Å². The highest BCUT2D eigenvalue weighted by molar-refractivity contribution is 8.00. The minimum Gasteiger partial charge on any atom is -0.321 e. The van der Waals surface area contributed by atoms with Crippen molar-refractivity contribution in [3.63, 3.8) is 0 Å². The van der Waals surface area contributed by atoms with Gasteiger partial charge in [-0.05, 0) is 62.4 Å². The zero-order chi connectivity index (χ0) is 28.6. The normalized spacial score (nSPS) is 11.9. The second kappa shape index (κ2) is 13.6. The number of rotatable bonds is 9. The van der Waals surface area contributed by atoms with Crippen molar-refractivity contribution in [1.29, 1.82) is 0 Å². The lowest BCUT2D eigenvalue weighted by Crippen LogP contribution is -2.30. The Labute approximate surface area is 249 Å². The van der Waals surface area contributed by atoms with E-state index in [4.69, 9.17) is 23.2 Å². The molecule has 0 saturated heterocycles. The lowest BCUT2D eigenvalue weighted by Gasteiger charge is -2.14. The first-order chi connectivity index (χ1) is 19.2. The highest BCUT2D eigenvalue weighted by Crippen LogP contribution is 2.29. The van der Waals surface area contributed by atoms with E-state index >= 15 is 0 Å². The van der Waals surface area contributed by atoms with Crippen LogP contribution in [0.25, 0.3) is 6.08 Å². The minimum absolute atomic E-state index is 0.0537. The van der Waals surface area contributed by atoms with E-state index in [1.54, 1.807) is 73.7 Å². The molecule has 1 aromatic heterocycles. The summed E-state index contributed by atoms with van der Waals surface area (Å²) in [5.41, 5.74) is 1.18. The molecule has 3 aromatic carbocycles. The number of carbonyl (C=O) groups is 3. The molecule has 40 heavy (non-hydrogen) atoms. The van der Waals surface area contributed by atoms with Crippen LogP contribution in [0.1, 0.15) is 27.9 Å². The van der Waals surface area contributed by atoms with E-state index in [2.05, 4.69) is 26.1 Å². The number of halogens is 2. The highest BCUT2D eigenvalue weighted by atomic mass is 35.5. The zero-order valence-electron chi connectivity index (χ0n) is 21.3. The second-order valence-electron chi connectivity index (χ2n) is 8.37. The summed E-state index contributed by atoms with van der Waals surface area (Å²) in [6.07, 6.45) is 1.43. The number of hydrogen-bond donors (Lipinski definition) is 3. The largest absolute Gasteiger partial charge is 0.321 e. The Morgan fingerprint density at radius 1 is 0.925 bits per heavy atom. The Morgan fingerprint density at radius 2 is 1.62 bits per heavy atom. The predicted molar refractivity (Wildman–Crippen MR) is 162 cm³/mol. The molecule has 12 heteroatoms. The fourth-order valence-corrected chi connectivity index (χ4v) is 5.42. The molecule has 1 atom stereocenters. The van der Waals surface area contributed by atoms with E-state index < -0.39 is 17.1 Å². The van der Waals surface area contributed by atoms with E-state index in [-0.39, 0.29) is 11.6 Å². The Bertz CT molecular complexity index is 1560. The Kier molecular flexibility index (Phi) is 9.94. The van der Waals surface area contributed by atoms with Crippen LogP contribution in [0.15, 0.2) is 83.4 Å². The molecular formula is C28H23Cl2N5O3S2.